The molecule has 1 aliphatic rings. The van der Waals surface area contributed by atoms with Gasteiger partial charge in [-0.25, -0.2) is 4.99 Å². The Morgan fingerprint density at radius 3 is 2.45 bits per heavy atom. The molecule has 0 unspecified atom stereocenters. The molecule has 1 amide bonds. The van der Waals surface area contributed by atoms with Crippen molar-refractivity contribution in [2.24, 2.45) is 4.99 Å². The van der Waals surface area contributed by atoms with Gasteiger partial charge in [0.25, 0.3) is 11.5 Å². The summed E-state index contributed by atoms with van der Waals surface area (Å²) >= 11 is 7.72. The largest absolute Gasteiger partial charge is 0.494 e. The molecule has 1 aromatic heterocycles. The van der Waals surface area contributed by atoms with E-state index >= 15 is 0 Å². The average molecular weight is 604 g/mol. The fourth-order valence-electron chi connectivity index (χ4n) is 4.84. The molecule has 42 heavy (non-hydrogen) atoms. The van der Waals surface area contributed by atoms with E-state index in [1.807, 2.05) is 68.4 Å². The van der Waals surface area contributed by atoms with Gasteiger partial charge in [-0.3, -0.25) is 14.2 Å². The predicted molar refractivity (Wildman–Crippen MR) is 166 cm³/mol. The van der Waals surface area contributed by atoms with Gasteiger partial charge in [-0.05, 0) is 74.4 Å². The Hall–Kier alpha value is -4.34. The highest BCUT2D eigenvalue weighted by Crippen LogP contribution is 2.36. The van der Waals surface area contributed by atoms with Gasteiger partial charge in [0.1, 0.15) is 5.75 Å². The highest BCUT2D eigenvalue weighted by Gasteiger charge is 2.32. The lowest BCUT2D eigenvalue weighted by molar-refractivity contribution is -0.113. The van der Waals surface area contributed by atoms with Crippen molar-refractivity contribution in [1.82, 2.24) is 4.57 Å². The fourth-order valence-corrected chi connectivity index (χ4v) is 6.19. The lowest BCUT2D eigenvalue weighted by Gasteiger charge is -2.25. The third kappa shape index (κ3) is 5.84. The third-order valence-corrected chi connectivity index (χ3v) is 7.90. The Bertz CT molecular complexity index is 1830. The molecule has 1 N–H and O–H groups in total. The zero-order valence-electron chi connectivity index (χ0n) is 23.6. The van der Waals surface area contributed by atoms with Crippen molar-refractivity contribution in [1.29, 1.82) is 0 Å². The van der Waals surface area contributed by atoms with Gasteiger partial charge in [0.15, 0.2) is 16.3 Å². The van der Waals surface area contributed by atoms with Gasteiger partial charge in [-0.2, -0.15) is 0 Å². The van der Waals surface area contributed by atoms with Crippen LogP contribution < -0.4 is 34.4 Å². The molecule has 0 radical (unpaired) electrons. The molecule has 0 aliphatic carbocycles. The van der Waals surface area contributed by atoms with Gasteiger partial charge in [0, 0.05) is 5.69 Å². The second kappa shape index (κ2) is 12.7. The lowest BCUT2D eigenvalue weighted by Crippen LogP contribution is -2.40. The maximum absolute atomic E-state index is 14.0. The number of hydrogen-bond donors (Lipinski definition) is 1. The van der Waals surface area contributed by atoms with Crippen molar-refractivity contribution in [3.8, 4) is 17.2 Å². The number of carbonyl (C=O) groups excluding carboxylic acids is 1. The minimum Gasteiger partial charge on any atom is -0.494 e. The van der Waals surface area contributed by atoms with Crippen molar-refractivity contribution in [2.45, 2.75) is 26.8 Å². The SMILES string of the molecule is CCOc1ccc([C@H]2C(C(=O)Nc3ccccc3)=C(C)N=c3s/c(=C\c4cc(Cl)c(OC)c(OCC)c4)c(=O)n32)cc1. The van der Waals surface area contributed by atoms with Crippen LogP contribution in [0.5, 0.6) is 17.2 Å². The normalized spacial score (nSPS) is 14.7. The average Bonchev–Trinajstić information content (AvgIpc) is 3.27. The first-order chi connectivity index (χ1) is 20.3. The van der Waals surface area contributed by atoms with Crippen LogP contribution in [0.15, 0.2) is 87.8 Å². The van der Waals surface area contributed by atoms with Crippen molar-refractivity contribution in [3.05, 3.63) is 114 Å². The van der Waals surface area contributed by atoms with E-state index in [1.165, 1.54) is 18.4 Å². The number of para-hydroxylation sites is 1. The second-order valence-electron chi connectivity index (χ2n) is 9.37. The van der Waals surface area contributed by atoms with Crippen molar-refractivity contribution in [3.63, 3.8) is 0 Å². The number of rotatable bonds is 9. The van der Waals surface area contributed by atoms with Crippen LogP contribution in [0.2, 0.25) is 5.02 Å². The summed E-state index contributed by atoms with van der Waals surface area (Å²) in [5, 5.41) is 3.33. The number of allylic oxidation sites excluding steroid dienone is 1. The highest BCUT2D eigenvalue weighted by atomic mass is 35.5. The molecule has 3 aromatic carbocycles. The number of nitrogens with zero attached hydrogens (tertiary/aromatic N) is 2. The van der Waals surface area contributed by atoms with Crippen molar-refractivity contribution < 1.29 is 19.0 Å². The summed E-state index contributed by atoms with van der Waals surface area (Å²) in [6.45, 7) is 6.52. The van der Waals surface area contributed by atoms with Crippen LogP contribution in [0, 0.1) is 0 Å². The minimum absolute atomic E-state index is 0.278. The lowest BCUT2D eigenvalue weighted by atomic mass is 9.95. The summed E-state index contributed by atoms with van der Waals surface area (Å²) in [6.07, 6.45) is 1.75. The summed E-state index contributed by atoms with van der Waals surface area (Å²) in [6, 6.07) is 19.4. The molecule has 5 rings (SSSR count). The van der Waals surface area contributed by atoms with Gasteiger partial charge in [-0.15, -0.1) is 0 Å². The Kier molecular flexibility index (Phi) is 8.80. The second-order valence-corrected chi connectivity index (χ2v) is 10.8. The first-order valence-corrected chi connectivity index (χ1v) is 14.7. The number of benzene rings is 3. The van der Waals surface area contributed by atoms with Gasteiger partial charge >= 0.3 is 0 Å². The molecule has 10 heteroatoms. The Morgan fingerprint density at radius 1 is 1.07 bits per heavy atom. The van der Waals surface area contributed by atoms with Gasteiger partial charge in [0.2, 0.25) is 0 Å². The number of halogens is 1. The highest BCUT2D eigenvalue weighted by molar-refractivity contribution is 7.07. The van der Waals surface area contributed by atoms with Crippen LogP contribution >= 0.6 is 22.9 Å². The van der Waals surface area contributed by atoms with Crippen molar-refractivity contribution in [2.75, 3.05) is 25.6 Å². The fraction of sp³-hybridized carbons (Fsp3) is 0.219. The van der Waals surface area contributed by atoms with E-state index in [2.05, 4.69) is 5.32 Å². The molecular weight excluding hydrogens is 574 g/mol. The number of thiazole rings is 1. The summed E-state index contributed by atoms with van der Waals surface area (Å²) < 4.78 is 18.8. The van der Waals surface area contributed by atoms with Crippen molar-refractivity contribution >= 4 is 40.6 Å². The molecule has 216 valence electrons. The minimum atomic E-state index is -0.707. The molecule has 4 aromatic rings. The molecule has 0 fully saturated rings. The predicted octanol–water partition coefficient (Wildman–Crippen LogP) is 5.33. The van der Waals surface area contributed by atoms with Gasteiger partial charge in [0.05, 0.1) is 47.2 Å². The summed E-state index contributed by atoms with van der Waals surface area (Å²) in [5.41, 5.74) is 2.70. The van der Waals surface area contributed by atoms with E-state index in [0.29, 0.717) is 67.3 Å². The molecular formula is C32H30ClN3O5S. The first-order valence-electron chi connectivity index (χ1n) is 13.5. The van der Waals surface area contributed by atoms with E-state index in [0.717, 1.165) is 5.56 Å². The number of hydrogen-bond acceptors (Lipinski definition) is 7. The summed E-state index contributed by atoms with van der Waals surface area (Å²) in [7, 11) is 1.52. The van der Waals surface area contributed by atoms with Crippen LogP contribution in [0.3, 0.4) is 0 Å². The van der Waals surface area contributed by atoms with E-state index in [4.69, 9.17) is 30.8 Å². The number of amides is 1. The molecule has 1 atom stereocenters. The van der Waals surface area contributed by atoms with Crippen LogP contribution in [0.25, 0.3) is 6.08 Å². The van der Waals surface area contributed by atoms with E-state index < -0.39 is 6.04 Å². The van der Waals surface area contributed by atoms with Crippen LogP contribution in [-0.2, 0) is 4.79 Å². The van der Waals surface area contributed by atoms with Gasteiger partial charge < -0.3 is 19.5 Å². The summed E-state index contributed by atoms with van der Waals surface area (Å²) in [5.74, 6) is 1.27. The number of carbonyl (C=O) groups is 1. The van der Waals surface area contributed by atoms with E-state index in [9.17, 15) is 9.59 Å². The van der Waals surface area contributed by atoms with Gasteiger partial charge in [-0.1, -0.05) is 53.3 Å². The Balaban J connectivity index is 1.66. The topological polar surface area (TPSA) is 91.2 Å². The third-order valence-electron chi connectivity index (χ3n) is 6.64. The smallest absolute Gasteiger partial charge is 0.271 e. The first kappa shape index (κ1) is 29.2. The number of ether oxygens (including phenoxy) is 3. The molecule has 8 nitrogen and oxygen atoms in total. The van der Waals surface area contributed by atoms with Crippen LogP contribution in [0.1, 0.15) is 37.9 Å². The summed E-state index contributed by atoms with van der Waals surface area (Å²) in [4.78, 5) is 33.0. The standard InChI is InChI=1S/C32H30ClN3O5S/c1-5-40-23-14-12-21(13-15-23)28-27(30(37)35-22-10-8-7-9-11-22)19(3)34-32-36(28)31(38)26(42-32)18-20-16-24(33)29(39-4)25(17-20)41-6-2/h7-18,28H,5-6H2,1-4H3,(H,35,37)/b26-18-/t28-/m0/s1. The Morgan fingerprint density at radius 2 is 1.79 bits per heavy atom. The molecule has 2 heterocycles. The number of aromatic nitrogens is 1. The maximum atomic E-state index is 14.0. The quantitative estimate of drug-likeness (QED) is 0.279. The van der Waals surface area contributed by atoms with Crippen LogP contribution in [-0.4, -0.2) is 30.8 Å². The molecule has 1 aliphatic heterocycles. The molecule has 0 spiro atoms. The monoisotopic (exact) mass is 603 g/mol. The number of anilines is 1. The molecule has 0 saturated heterocycles. The molecule has 0 bridgehead atoms. The van der Waals surface area contributed by atoms with E-state index in [1.54, 1.807) is 29.7 Å². The number of nitrogens with one attached hydrogen (secondary N) is 1. The Labute approximate surface area is 252 Å². The number of fused-ring (bicyclic) bond motifs is 1. The number of methoxy groups -OCH3 is 1. The van der Waals surface area contributed by atoms with Crippen LogP contribution in [0.4, 0.5) is 5.69 Å². The molecule has 0 saturated carbocycles. The maximum Gasteiger partial charge on any atom is 0.271 e. The zero-order chi connectivity index (χ0) is 29.8. The zero-order valence-corrected chi connectivity index (χ0v) is 25.2. The van der Waals surface area contributed by atoms with E-state index in [-0.39, 0.29) is 11.5 Å².